The molecule has 1 aliphatic heterocycles. The molecule has 0 bridgehead atoms. The molecule has 0 radical (unpaired) electrons. The van der Waals surface area contributed by atoms with E-state index in [0.717, 1.165) is 23.7 Å². The first-order valence-electron chi connectivity index (χ1n) is 6.90. The van der Waals surface area contributed by atoms with Gasteiger partial charge in [0.1, 0.15) is 0 Å². The second-order valence-corrected chi connectivity index (χ2v) is 5.24. The van der Waals surface area contributed by atoms with Gasteiger partial charge in [-0.1, -0.05) is 24.3 Å². The zero-order chi connectivity index (χ0) is 13.2. The standard InChI is InChI=1S/C16H19NO2/c18-15-7-6-13-12(4-3-5-14(13)16(15)19)8-11-17-9-1-2-10-17/h3-7,18-19H,1-2,8-11H2. The minimum atomic E-state index is -0.0517. The Bertz CT molecular complexity index is 589. The maximum atomic E-state index is 9.90. The number of aromatic hydroxyl groups is 2. The minimum absolute atomic E-state index is 0.0134. The van der Waals surface area contributed by atoms with E-state index in [1.54, 1.807) is 6.07 Å². The number of nitrogens with zero attached hydrogens (tertiary/aromatic N) is 1. The first-order chi connectivity index (χ1) is 9.25. The van der Waals surface area contributed by atoms with Crippen molar-refractivity contribution >= 4 is 10.8 Å². The van der Waals surface area contributed by atoms with Gasteiger partial charge in [-0.15, -0.1) is 0 Å². The van der Waals surface area contributed by atoms with Gasteiger partial charge in [-0.25, -0.2) is 0 Å². The Balaban J connectivity index is 1.88. The van der Waals surface area contributed by atoms with E-state index >= 15 is 0 Å². The molecule has 0 spiro atoms. The maximum Gasteiger partial charge on any atom is 0.165 e. The van der Waals surface area contributed by atoms with Gasteiger partial charge in [0.2, 0.25) is 0 Å². The van der Waals surface area contributed by atoms with E-state index in [1.807, 2.05) is 18.2 Å². The van der Waals surface area contributed by atoms with Gasteiger partial charge in [-0.2, -0.15) is 0 Å². The van der Waals surface area contributed by atoms with Gasteiger partial charge in [0, 0.05) is 11.9 Å². The predicted octanol–water partition coefficient (Wildman–Crippen LogP) is 2.89. The molecule has 2 N–H and O–H groups in total. The summed E-state index contributed by atoms with van der Waals surface area (Å²) in [5.74, 6) is -0.0651. The third-order valence-corrected chi connectivity index (χ3v) is 4.00. The van der Waals surface area contributed by atoms with E-state index in [0.29, 0.717) is 0 Å². The SMILES string of the molecule is Oc1ccc2c(CCN3CCCC3)cccc2c1O. The molecule has 0 unspecified atom stereocenters. The first-order valence-corrected chi connectivity index (χ1v) is 6.90. The third-order valence-electron chi connectivity index (χ3n) is 4.00. The molecule has 3 rings (SSSR count). The van der Waals surface area contributed by atoms with Crippen molar-refractivity contribution in [3.8, 4) is 11.5 Å². The summed E-state index contributed by atoms with van der Waals surface area (Å²) in [7, 11) is 0. The smallest absolute Gasteiger partial charge is 0.165 e. The van der Waals surface area contributed by atoms with Gasteiger partial charge in [-0.3, -0.25) is 0 Å². The molecule has 1 saturated heterocycles. The van der Waals surface area contributed by atoms with Gasteiger partial charge in [0.05, 0.1) is 0 Å². The average Bonchev–Trinajstić information content (AvgIpc) is 2.94. The Morgan fingerprint density at radius 1 is 0.947 bits per heavy atom. The van der Waals surface area contributed by atoms with Gasteiger partial charge < -0.3 is 15.1 Å². The maximum absolute atomic E-state index is 9.90. The van der Waals surface area contributed by atoms with Crippen LogP contribution in [-0.4, -0.2) is 34.7 Å². The normalized spacial score (nSPS) is 16.2. The van der Waals surface area contributed by atoms with Gasteiger partial charge in [-0.05, 0) is 49.4 Å². The Morgan fingerprint density at radius 2 is 1.74 bits per heavy atom. The molecule has 3 heteroatoms. The zero-order valence-corrected chi connectivity index (χ0v) is 11.0. The zero-order valence-electron chi connectivity index (χ0n) is 11.0. The fourth-order valence-corrected chi connectivity index (χ4v) is 2.90. The van der Waals surface area contributed by atoms with Crippen molar-refractivity contribution in [2.45, 2.75) is 19.3 Å². The highest BCUT2D eigenvalue weighted by Gasteiger charge is 2.13. The minimum Gasteiger partial charge on any atom is -0.504 e. The lowest BCUT2D eigenvalue weighted by molar-refractivity contribution is 0.344. The summed E-state index contributed by atoms with van der Waals surface area (Å²) < 4.78 is 0. The highest BCUT2D eigenvalue weighted by atomic mass is 16.3. The molecule has 2 aromatic rings. The quantitative estimate of drug-likeness (QED) is 0.831. The van der Waals surface area contributed by atoms with Crippen LogP contribution in [0.4, 0.5) is 0 Å². The number of hydrogen-bond donors (Lipinski definition) is 2. The molecule has 0 aromatic heterocycles. The molecule has 100 valence electrons. The molecule has 2 aromatic carbocycles. The lowest BCUT2D eigenvalue weighted by atomic mass is 10.0. The van der Waals surface area contributed by atoms with Crippen molar-refractivity contribution in [3.63, 3.8) is 0 Å². The van der Waals surface area contributed by atoms with Gasteiger partial charge in [0.15, 0.2) is 11.5 Å². The monoisotopic (exact) mass is 257 g/mol. The molecule has 0 atom stereocenters. The molecule has 19 heavy (non-hydrogen) atoms. The number of rotatable bonds is 3. The summed E-state index contributed by atoms with van der Waals surface area (Å²) in [5.41, 5.74) is 1.24. The van der Waals surface area contributed by atoms with Crippen LogP contribution in [0.15, 0.2) is 30.3 Å². The molecule has 1 fully saturated rings. The first kappa shape index (κ1) is 12.3. The second-order valence-electron chi connectivity index (χ2n) is 5.24. The summed E-state index contributed by atoms with van der Waals surface area (Å²) in [4.78, 5) is 2.49. The lowest BCUT2D eigenvalue weighted by Gasteiger charge is -2.15. The van der Waals surface area contributed by atoms with Crippen molar-refractivity contribution in [2.24, 2.45) is 0 Å². The van der Waals surface area contributed by atoms with Crippen molar-refractivity contribution in [3.05, 3.63) is 35.9 Å². The van der Waals surface area contributed by atoms with Crippen LogP contribution in [0.3, 0.4) is 0 Å². The fraction of sp³-hybridized carbons (Fsp3) is 0.375. The Morgan fingerprint density at radius 3 is 2.53 bits per heavy atom. The average molecular weight is 257 g/mol. The van der Waals surface area contributed by atoms with E-state index < -0.39 is 0 Å². The summed E-state index contributed by atoms with van der Waals surface area (Å²) in [6, 6.07) is 9.36. The predicted molar refractivity (Wildman–Crippen MR) is 76.7 cm³/mol. The van der Waals surface area contributed by atoms with Crippen molar-refractivity contribution in [1.82, 2.24) is 4.90 Å². The number of phenols is 2. The van der Waals surface area contributed by atoms with E-state index in [9.17, 15) is 10.2 Å². The lowest BCUT2D eigenvalue weighted by Crippen LogP contribution is -2.21. The van der Waals surface area contributed by atoms with Crippen LogP contribution < -0.4 is 0 Å². The molecule has 0 aliphatic carbocycles. The molecule has 0 saturated carbocycles. The summed E-state index contributed by atoms with van der Waals surface area (Å²) >= 11 is 0. The Labute approximate surface area is 113 Å². The molecule has 0 amide bonds. The number of fused-ring (bicyclic) bond motifs is 1. The number of phenolic OH excluding ortho intramolecular Hbond substituents is 2. The molecule has 1 heterocycles. The third kappa shape index (κ3) is 2.38. The molecular weight excluding hydrogens is 238 g/mol. The van der Waals surface area contributed by atoms with Crippen molar-refractivity contribution in [1.29, 1.82) is 0 Å². The summed E-state index contributed by atoms with van der Waals surface area (Å²) in [6.07, 6.45) is 3.61. The van der Waals surface area contributed by atoms with Gasteiger partial charge in [0.25, 0.3) is 0 Å². The number of benzene rings is 2. The van der Waals surface area contributed by atoms with Crippen LogP contribution >= 0.6 is 0 Å². The van der Waals surface area contributed by atoms with Crippen LogP contribution in [0.2, 0.25) is 0 Å². The largest absolute Gasteiger partial charge is 0.504 e. The van der Waals surface area contributed by atoms with Crippen LogP contribution in [0.25, 0.3) is 10.8 Å². The van der Waals surface area contributed by atoms with E-state index in [1.165, 1.54) is 31.5 Å². The summed E-state index contributed by atoms with van der Waals surface area (Å²) in [5, 5.41) is 21.2. The Hall–Kier alpha value is -1.74. The van der Waals surface area contributed by atoms with E-state index in [4.69, 9.17) is 0 Å². The van der Waals surface area contributed by atoms with Crippen LogP contribution in [-0.2, 0) is 6.42 Å². The molecule has 1 aliphatic rings. The molecule has 3 nitrogen and oxygen atoms in total. The van der Waals surface area contributed by atoms with Crippen LogP contribution in [0, 0.1) is 0 Å². The number of hydrogen-bond acceptors (Lipinski definition) is 3. The highest BCUT2D eigenvalue weighted by Crippen LogP contribution is 2.34. The number of likely N-dealkylation sites (tertiary alicyclic amines) is 1. The van der Waals surface area contributed by atoms with E-state index in [2.05, 4.69) is 11.0 Å². The molecular formula is C16H19NO2. The second kappa shape index (κ2) is 5.10. The summed E-state index contributed by atoms with van der Waals surface area (Å²) in [6.45, 7) is 3.48. The van der Waals surface area contributed by atoms with Crippen molar-refractivity contribution < 1.29 is 10.2 Å². The van der Waals surface area contributed by atoms with Crippen LogP contribution in [0.1, 0.15) is 18.4 Å². The fourth-order valence-electron chi connectivity index (χ4n) is 2.90. The topological polar surface area (TPSA) is 43.7 Å². The highest BCUT2D eigenvalue weighted by molar-refractivity contribution is 5.92. The van der Waals surface area contributed by atoms with Crippen LogP contribution in [0.5, 0.6) is 11.5 Å². The van der Waals surface area contributed by atoms with Gasteiger partial charge >= 0.3 is 0 Å². The van der Waals surface area contributed by atoms with E-state index in [-0.39, 0.29) is 11.5 Å². The Kier molecular flexibility index (Phi) is 3.30. The van der Waals surface area contributed by atoms with Crippen molar-refractivity contribution in [2.75, 3.05) is 19.6 Å².